The van der Waals surface area contributed by atoms with Crippen LogP contribution < -0.4 is 16.0 Å². The lowest BCUT2D eigenvalue weighted by atomic mass is 9.82. The monoisotopic (exact) mass is 784 g/mol. The molecule has 0 spiro atoms. The van der Waals surface area contributed by atoms with Gasteiger partial charge in [0.25, 0.3) is 17.0 Å². The van der Waals surface area contributed by atoms with Gasteiger partial charge in [-0.2, -0.15) is 19.6 Å². The third-order valence-corrected chi connectivity index (χ3v) is 11.6. The molecule has 3 atom stereocenters. The molecule has 12 nitrogen and oxygen atoms in total. The highest BCUT2D eigenvalue weighted by Gasteiger charge is 2.52. The van der Waals surface area contributed by atoms with E-state index in [0.29, 0.717) is 51.7 Å². The summed E-state index contributed by atoms with van der Waals surface area (Å²) in [6.45, 7) is 1.97. The first-order chi connectivity index (χ1) is 28.6. The number of nitrogens with zero attached hydrogens (tertiary/aromatic N) is 6. The lowest BCUT2D eigenvalue weighted by Gasteiger charge is -2.36. The number of hydrogen-bond donors (Lipinski definition) is 2. The fourth-order valence-corrected chi connectivity index (χ4v) is 8.41. The van der Waals surface area contributed by atoms with E-state index in [4.69, 9.17) is 0 Å². The third-order valence-electron chi connectivity index (χ3n) is 11.6. The summed E-state index contributed by atoms with van der Waals surface area (Å²) in [7, 11) is 0. The van der Waals surface area contributed by atoms with Crippen molar-refractivity contribution in [3.63, 3.8) is 0 Å². The smallest absolute Gasteiger partial charge is 0.279 e. The van der Waals surface area contributed by atoms with Crippen molar-refractivity contribution in [3.8, 4) is 11.4 Å². The van der Waals surface area contributed by atoms with E-state index in [-0.39, 0.29) is 48.2 Å². The van der Waals surface area contributed by atoms with Gasteiger partial charge in [-0.15, -0.1) is 0 Å². The first kappa shape index (κ1) is 37.6. The summed E-state index contributed by atoms with van der Waals surface area (Å²) in [5.74, 6) is -1.60. The molecule has 0 saturated carbocycles. The van der Waals surface area contributed by atoms with E-state index in [0.717, 1.165) is 16.5 Å². The maximum absolute atomic E-state index is 14.7. The van der Waals surface area contributed by atoms with E-state index in [1.54, 1.807) is 103 Å². The van der Waals surface area contributed by atoms with Gasteiger partial charge < -0.3 is 20.0 Å². The predicted molar refractivity (Wildman–Crippen MR) is 224 cm³/mol. The number of fused-ring (bicyclic) bond motifs is 4. The van der Waals surface area contributed by atoms with Crippen LogP contribution in [0.25, 0.3) is 32.9 Å². The van der Waals surface area contributed by atoms with Crippen molar-refractivity contribution in [1.29, 1.82) is 0 Å². The van der Waals surface area contributed by atoms with Gasteiger partial charge in [-0.05, 0) is 65.6 Å². The SMILES string of the molecule is C[C@@H](/C=C/CC(=O)N1Cc2ccccc2C[C@H]1CO)[C@]1(O)C(=O)N(Cc2cccc(-n3ncc4ccccc4c3=O)c2)c2ccc(-n3ncc4ccccc4c3=O)cc21. The van der Waals surface area contributed by atoms with Gasteiger partial charge in [0.1, 0.15) is 0 Å². The fourth-order valence-electron chi connectivity index (χ4n) is 8.41. The Kier molecular flexibility index (Phi) is 9.58. The van der Waals surface area contributed by atoms with Gasteiger partial charge in [-0.3, -0.25) is 19.2 Å². The molecule has 4 heterocycles. The molecule has 7 aromatic rings. The highest BCUT2D eigenvalue weighted by Crippen LogP contribution is 2.46. The second-order valence-corrected chi connectivity index (χ2v) is 15.2. The maximum atomic E-state index is 14.7. The highest BCUT2D eigenvalue weighted by atomic mass is 16.3. The number of anilines is 1. The molecular weight excluding hydrogens is 745 g/mol. The molecule has 294 valence electrons. The summed E-state index contributed by atoms with van der Waals surface area (Å²) in [5, 5.41) is 34.1. The Bertz CT molecular complexity index is 2960. The summed E-state index contributed by atoms with van der Waals surface area (Å²) in [6.07, 6.45) is 7.11. The number of amides is 2. The van der Waals surface area contributed by atoms with Crippen LogP contribution in [-0.4, -0.2) is 59.1 Å². The Balaban J connectivity index is 1.05. The lowest BCUT2D eigenvalue weighted by molar-refractivity contribution is -0.139. The molecule has 0 bridgehead atoms. The summed E-state index contributed by atoms with van der Waals surface area (Å²) in [6, 6.07) is 34.1. The number of carbonyl (C=O) groups is 2. The zero-order valence-electron chi connectivity index (χ0n) is 32.2. The van der Waals surface area contributed by atoms with Crippen LogP contribution in [0, 0.1) is 5.92 Å². The Morgan fingerprint density at radius 2 is 1.42 bits per heavy atom. The molecular formula is C47H40N6O6. The van der Waals surface area contributed by atoms with E-state index >= 15 is 0 Å². The van der Waals surface area contributed by atoms with Crippen molar-refractivity contribution in [1.82, 2.24) is 24.5 Å². The first-order valence-corrected chi connectivity index (χ1v) is 19.5. The van der Waals surface area contributed by atoms with Gasteiger partial charge in [0.05, 0.1) is 59.4 Å². The van der Waals surface area contributed by atoms with E-state index < -0.39 is 17.4 Å². The van der Waals surface area contributed by atoms with Crippen LogP contribution in [0.15, 0.2) is 149 Å². The Morgan fingerprint density at radius 3 is 2.10 bits per heavy atom. The van der Waals surface area contributed by atoms with Crippen molar-refractivity contribution in [3.05, 3.63) is 183 Å². The number of aliphatic hydroxyl groups excluding tert-OH is 1. The van der Waals surface area contributed by atoms with Crippen molar-refractivity contribution in [2.75, 3.05) is 11.5 Å². The van der Waals surface area contributed by atoms with Gasteiger partial charge in [0.15, 0.2) is 5.60 Å². The molecule has 0 aliphatic carbocycles. The molecule has 2 aliphatic rings. The Labute approximate surface area is 338 Å². The molecule has 0 fully saturated rings. The Morgan fingerprint density at radius 1 is 0.797 bits per heavy atom. The molecule has 12 heteroatoms. The summed E-state index contributed by atoms with van der Waals surface area (Å²) in [5.41, 5.74) is 1.69. The molecule has 2 N–H and O–H groups in total. The Hall–Kier alpha value is -7.02. The van der Waals surface area contributed by atoms with Crippen LogP contribution in [0.1, 0.15) is 35.6 Å². The van der Waals surface area contributed by atoms with Crippen molar-refractivity contribution < 1.29 is 19.8 Å². The molecule has 59 heavy (non-hydrogen) atoms. The quantitative estimate of drug-likeness (QED) is 0.186. The second kappa shape index (κ2) is 15.1. The first-order valence-electron chi connectivity index (χ1n) is 19.5. The fraction of sp³-hybridized carbons (Fsp3) is 0.191. The molecule has 2 aromatic heterocycles. The minimum Gasteiger partial charge on any atom is -0.394 e. The summed E-state index contributed by atoms with van der Waals surface area (Å²) in [4.78, 5) is 58.6. The number of aromatic nitrogens is 4. The van der Waals surface area contributed by atoms with Crippen molar-refractivity contribution in [2.45, 2.75) is 44.5 Å². The zero-order chi connectivity index (χ0) is 40.8. The van der Waals surface area contributed by atoms with Gasteiger partial charge >= 0.3 is 0 Å². The lowest BCUT2D eigenvalue weighted by Crippen LogP contribution is -2.46. The number of rotatable bonds is 9. The highest BCUT2D eigenvalue weighted by molar-refractivity contribution is 6.07. The molecule has 5 aromatic carbocycles. The van der Waals surface area contributed by atoms with Crippen LogP contribution >= 0.6 is 0 Å². The molecule has 0 unspecified atom stereocenters. The number of aliphatic hydroxyl groups is 2. The van der Waals surface area contributed by atoms with Crippen LogP contribution in [0.2, 0.25) is 0 Å². The van der Waals surface area contributed by atoms with Crippen LogP contribution in [0.3, 0.4) is 0 Å². The standard InChI is InChI=1S/C47H40N6O6/c1-30(10-8-19-43(55)50-28-35-15-3-2-12-32(35)23-38(50)29-54)47(59)41-24-37(53-45(57)40-18-7-5-14-34(40)26-49-53)20-21-42(41)51(46(47)58)27-31-11-9-16-36(22-31)52-44(56)39-17-6-4-13-33(39)25-48-52/h2-18,20-22,24-26,30,38,54,59H,19,23,27-29H2,1H3/b10-8+/t30-,38-,47+/m0/s1. The van der Waals surface area contributed by atoms with Crippen LogP contribution in [0.4, 0.5) is 5.69 Å². The zero-order valence-corrected chi connectivity index (χ0v) is 32.2. The van der Waals surface area contributed by atoms with Crippen LogP contribution in [-0.2, 0) is 34.7 Å². The molecule has 0 radical (unpaired) electrons. The number of hydrogen-bond acceptors (Lipinski definition) is 8. The van der Waals surface area contributed by atoms with Gasteiger partial charge in [-0.25, -0.2) is 0 Å². The second-order valence-electron chi connectivity index (χ2n) is 15.2. The molecule has 9 rings (SSSR count). The predicted octanol–water partition coefficient (Wildman–Crippen LogP) is 5.35. The van der Waals surface area contributed by atoms with Crippen molar-refractivity contribution in [2.24, 2.45) is 5.92 Å². The van der Waals surface area contributed by atoms with Gasteiger partial charge in [0.2, 0.25) is 5.91 Å². The average molecular weight is 785 g/mol. The topological polar surface area (TPSA) is 151 Å². The van der Waals surface area contributed by atoms with E-state index in [2.05, 4.69) is 10.2 Å². The summed E-state index contributed by atoms with van der Waals surface area (Å²) >= 11 is 0. The van der Waals surface area contributed by atoms with E-state index in [1.165, 1.54) is 14.3 Å². The summed E-state index contributed by atoms with van der Waals surface area (Å²) < 4.78 is 2.57. The van der Waals surface area contributed by atoms with Crippen LogP contribution in [0.5, 0.6) is 0 Å². The van der Waals surface area contributed by atoms with E-state index in [1.807, 2.05) is 48.5 Å². The molecule has 2 aliphatic heterocycles. The van der Waals surface area contributed by atoms with Crippen molar-refractivity contribution >= 4 is 39.0 Å². The largest absolute Gasteiger partial charge is 0.394 e. The number of benzene rings is 5. The maximum Gasteiger partial charge on any atom is 0.279 e. The van der Waals surface area contributed by atoms with Gasteiger partial charge in [-0.1, -0.05) is 91.9 Å². The number of carbonyl (C=O) groups excluding carboxylic acids is 2. The normalized spacial score (nSPS) is 18.1. The van der Waals surface area contributed by atoms with E-state index in [9.17, 15) is 29.4 Å². The minimum absolute atomic E-state index is 0.00470. The molecule has 0 saturated heterocycles. The van der Waals surface area contributed by atoms with Gasteiger partial charge in [0, 0.05) is 35.2 Å². The third kappa shape index (κ3) is 6.52. The minimum atomic E-state index is -2.10. The average Bonchev–Trinajstić information content (AvgIpc) is 3.48. The molecule has 2 amide bonds.